The zero-order valence-corrected chi connectivity index (χ0v) is 17.3. The third-order valence-electron chi connectivity index (χ3n) is 4.25. The Morgan fingerprint density at radius 3 is 2.50 bits per heavy atom. The number of nitrogens with one attached hydrogen (secondary N) is 1. The number of nitrogens with zero attached hydrogens (tertiary/aromatic N) is 2. The van der Waals surface area contributed by atoms with Crippen LogP contribution in [0.4, 0.5) is 0 Å². The number of esters is 1. The van der Waals surface area contributed by atoms with Gasteiger partial charge in [0, 0.05) is 18.1 Å². The van der Waals surface area contributed by atoms with Crippen LogP contribution in [0.2, 0.25) is 0 Å². The normalized spacial score (nSPS) is 10.7. The van der Waals surface area contributed by atoms with Gasteiger partial charge in [-0.15, -0.1) is 0 Å². The van der Waals surface area contributed by atoms with E-state index in [-0.39, 0.29) is 42.7 Å². The molecule has 1 aromatic carbocycles. The smallest absolute Gasteiger partial charge is 0.330 e. The van der Waals surface area contributed by atoms with Gasteiger partial charge < -0.3 is 9.47 Å². The molecule has 9 nitrogen and oxygen atoms in total. The predicted molar refractivity (Wildman–Crippen MR) is 107 cm³/mol. The van der Waals surface area contributed by atoms with Gasteiger partial charge in [0.1, 0.15) is 19.0 Å². The molecule has 0 saturated heterocycles. The molecule has 0 fully saturated rings. The van der Waals surface area contributed by atoms with Gasteiger partial charge in [-0.3, -0.25) is 23.9 Å². The molecule has 9 heteroatoms. The molecule has 0 atom stereocenters. The Labute approximate surface area is 172 Å². The van der Waals surface area contributed by atoms with E-state index in [9.17, 15) is 24.4 Å². The van der Waals surface area contributed by atoms with Gasteiger partial charge >= 0.3 is 11.7 Å². The molecule has 1 heterocycles. The molecule has 0 aliphatic rings. The van der Waals surface area contributed by atoms with Gasteiger partial charge in [0.2, 0.25) is 5.78 Å². The number of hydrogen-bond donors (Lipinski definition) is 1. The van der Waals surface area contributed by atoms with E-state index in [0.717, 1.165) is 4.57 Å². The summed E-state index contributed by atoms with van der Waals surface area (Å²) in [5.41, 5.74) is -0.229. The van der Waals surface area contributed by atoms with Crippen molar-refractivity contribution in [1.82, 2.24) is 9.55 Å². The molecule has 0 bridgehead atoms. The fourth-order valence-electron chi connectivity index (χ4n) is 3.01. The number of H-pyrrole nitrogens is 1. The molecule has 0 aliphatic carbocycles. The van der Waals surface area contributed by atoms with Crippen molar-refractivity contribution in [2.45, 2.75) is 40.3 Å². The van der Waals surface area contributed by atoms with Crippen molar-refractivity contribution in [3.63, 3.8) is 0 Å². The van der Waals surface area contributed by atoms with Gasteiger partial charge in [-0.25, -0.2) is 4.79 Å². The Morgan fingerprint density at radius 1 is 1.20 bits per heavy atom. The quantitative estimate of drug-likeness (QED) is 0.395. The first-order valence-corrected chi connectivity index (χ1v) is 9.30. The highest BCUT2D eigenvalue weighted by Crippen LogP contribution is 2.20. The van der Waals surface area contributed by atoms with Gasteiger partial charge in [-0.2, -0.15) is 5.26 Å². The summed E-state index contributed by atoms with van der Waals surface area (Å²) in [5, 5.41) is 9.20. The number of rotatable bonds is 8. The van der Waals surface area contributed by atoms with Crippen LogP contribution in [0.1, 0.15) is 59.4 Å². The first kappa shape index (κ1) is 22.8. The van der Waals surface area contributed by atoms with Gasteiger partial charge in [-0.1, -0.05) is 13.8 Å². The van der Waals surface area contributed by atoms with Crippen molar-refractivity contribution in [2.24, 2.45) is 0 Å². The number of aromatic nitrogens is 2. The zero-order chi connectivity index (χ0) is 22.4. The third-order valence-corrected chi connectivity index (χ3v) is 4.25. The summed E-state index contributed by atoms with van der Waals surface area (Å²) in [6, 6.07) is 6.62. The molecule has 0 unspecified atom stereocenters. The van der Waals surface area contributed by atoms with E-state index >= 15 is 0 Å². The number of benzene rings is 1. The maximum absolute atomic E-state index is 13.3. The molecule has 2 aromatic rings. The highest BCUT2D eigenvalue weighted by atomic mass is 16.6. The molecule has 0 radical (unpaired) electrons. The second-order valence-electron chi connectivity index (χ2n) is 7.01. The topological polar surface area (TPSA) is 131 Å². The summed E-state index contributed by atoms with van der Waals surface area (Å²) in [6.45, 7) is 6.12. The van der Waals surface area contributed by atoms with E-state index in [2.05, 4.69) is 4.98 Å². The van der Waals surface area contributed by atoms with Crippen molar-refractivity contribution in [3.8, 4) is 6.07 Å². The third kappa shape index (κ3) is 5.30. The minimum absolute atomic E-state index is 0.00118. The van der Waals surface area contributed by atoms with Crippen molar-refractivity contribution in [1.29, 1.82) is 5.26 Å². The molecule has 2 rings (SSSR count). The number of ether oxygens (including phenoxy) is 2. The average Bonchev–Trinajstić information content (AvgIpc) is 2.66. The Hall–Kier alpha value is -3.51. The lowest BCUT2D eigenvalue weighted by Gasteiger charge is -2.17. The minimum Gasteiger partial charge on any atom is -0.463 e. The maximum atomic E-state index is 13.3. The van der Waals surface area contributed by atoms with Crippen LogP contribution in [0.15, 0.2) is 27.8 Å². The highest BCUT2D eigenvalue weighted by Gasteiger charge is 2.25. The van der Waals surface area contributed by atoms with E-state index in [0.29, 0.717) is 11.1 Å². The Bertz CT molecular complexity index is 1120. The van der Waals surface area contributed by atoms with Gasteiger partial charge in [0.05, 0.1) is 18.2 Å². The molecule has 0 spiro atoms. The summed E-state index contributed by atoms with van der Waals surface area (Å²) >= 11 is 0. The highest BCUT2D eigenvalue weighted by molar-refractivity contribution is 6.09. The maximum Gasteiger partial charge on any atom is 0.330 e. The van der Waals surface area contributed by atoms with Crippen LogP contribution in [-0.2, 0) is 21.0 Å². The lowest BCUT2D eigenvalue weighted by Crippen LogP contribution is -2.38. The molecule has 0 saturated carbocycles. The largest absolute Gasteiger partial charge is 0.463 e. The second kappa shape index (κ2) is 9.80. The van der Waals surface area contributed by atoms with Crippen molar-refractivity contribution in [3.05, 3.63) is 67.0 Å². The predicted octanol–water partition coefficient (Wildman–Crippen LogP) is 1.61. The van der Waals surface area contributed by atoms with Crippen molar-refractivity contribution < 1.29 is 19.1 Å². The number of hydrogen-bond acceptors (Lipinski definition) is 7. The monoisotopic (exact) mass is 413 g/mol. The minimum atomic E-state index is -0.798. The van der Waals surface area contributed by atoms with Crippen LogP contribution in [-0.4, -0.2) is 34.5 Å². The molecule has 158 valence electrons. The number of aryl methyl sites for hydroxylation is 1. The van der Waals surface area contributed by atoms with Crippen LogP contribution in [0.5, 0.6) is 0 Å². The fraction of sp³-hybridized carbons (Fsp3) is 0.381. The summed E-state index contributed by atoms with van der Waals surface area (Å²) in [5.74, 6) is -1.39. The van der Waals surface area contributed by atoms with Gasteiger partial charge in [0.25, 0.3) is 5.56 Å². The number of ketones is 1. The Morgan fingerprint density at radius 2 is 1.90 bits per heavy atom. The fourth-order valence-corrected chi connectivity index (χ4v) is 3.01. The van der Waals surface area contributed by atoms with E-state index in [4.69, 9.17) is 9.47 Å². The van der Waals surface area contributed by atoms with Crippen LogP contribution >= 0.6 is 0 Å². The molecular formula is C21H23N3O6. The van der Waals surface area contributed by atoms with Crippen LogP contribution in [0.3, 0.4) is 0 Å². The molecule has 0 amide bonds. The van der Waals surface area contributed by atoms with Crippen LogP contribution in [0.25, 0.3) is 0 Å². The lowest BCUT2D eigenvalue weighted by molar-refractivity contribution is -0.142. The van der Waals surface area contributed by atoms with E-state index in [1.165, 1.54) is 13.0 Å². The summed E-state index contributed by atoms with van der Waals surface area (Å²) in [4.78, 5) is 51.3. The molecule has 1 N–H and O–H groups in total. The SMILES string of the molecule is CC(=O)OCCOCn1c(C(=O)c2cc(C)cc(C#N)c2)c(C(C)C)c(=O)[nH]c1=O. The Balaban J connectivity index is 2.55. The zero-order valence-electron chi connectivity index (χ0n) is 17.3. The standard InChI is InChI=1S/C21H23N3O6/c1-12(2)17-18(19(26)16-8-13(3)7-15(9-16)10-22)24(21(28)23-20(17)27)11-29-5-6-30-14(4)25/h7-9,12H,5-6,11H2,1-4H3,(H,23,27,28). The lowest BCUT2D eigenvalue weighted by atomic mass is 9.95. The molecule has 30 heavy (non-hydrogen) atoms. The van der Waals surface area contributed by atoms with Crippen LogP contribution < -0.4 is 11.2 Å². The first-order chi connectivity index (χ1) is 14.1. The summed E-state index contributed by atoms with van der Waals surface area (Å²) in [7, 11) is 0. The van der Waals surface area contributed by atoms with Crippen molar-refractivity contribution >= 4 is 11.8 Å². The van der Waals surface area contributed by atoms with Crippen molar-refractivity contribution in [2.75, 3.05) is 13.2 Å². The second-order valence-corrected chi connectivity index (χ2v) is 7.01. The van der Waals surface area contributed by atoms with E-state index < -0.39 is 23.0 Å². The van der Waals surface area contributed by atoms with Gasteiger partial charge in [0.15, 0.2) is 0 Å². The number of carbonyl (C=O) groups excluding carboxylic acids is 2. The number of carbonyl (C=O) groups is 2. The van der Waals surface area contributed by atoms with E-state index in [1.807, 2.05) is 6.07 Å². The van der Waals surface area contributed by atoms with E-state index in [1.54, 1.807) is 32.9 Å². The number of nitriles is 1. The Kier molecular flexibility index (Phi) is 7.44. The molecule has 0 aliphatic heterocycles. The molecular weight excluding hydrogens is 390 g/mol. The summed E-state index contributed by atoms with van der Waals surface area (Å²) < 4.78 is 11.2. The van der Waals surface area contributed by atoms with Gasteiger partial charge in [-0.05, 0) is 36.6 Å². The number of aromatic amines is 1. The molecule has 1 aromatic heterocycles. The summed E-state index contributed by atoms with van der Waals surface area (Å²) in [6.07, 6.45) is 0. The van der Waals surface area contributed by atoms with Crippen LogP contribution in [0, 0.1) is 18.3 Å². The average molecular weight is 413 g/mol. The first-order valence-electron chi connectivity index (χ1n) is 9.30.